The van der Waals surface area contributed by atoms with E-state index in [2.05, 4.69) is 5.32 Å². The predicted molar refractivity (Wildman–Crippen MR) is 103 cm³/mol. The van der Waals surface area contributed by atoms with Crippen LogP contribution in [-0.4, -0.2) is 59.7 Å². The van der Waals surface area contributed by atoms with Crippen LogP contribution in [0.2, 0.25) is 0 Å². The summed E-state index contributed by atoms with van der Waals surface area (Å²) >= 11 is 0. The molecule has 8 heteroatoms. The molecule has 0 aromatic carbocycles. The van der Waals surface area contributed by atoms with Gasteiger partial charge in [-0.05, 0) is 18.8 Å². The van der Waals surface area contributed by atoms with E-state index in [0.29, 0.717) is 26.2 Å². The summed E-state index contributed by atoms with van der Waals surface area (Å²) in [6.45, 7) is 5.43. The lowest BCUT2D eigenvalue weighted by Crippen LogP contribution is -2.58. The van der Waals surface area contributed by atoms with Crippen molar-refractivity contribution in [3.05, 3.63) is 0 Å². The van der Waals surface area contributed by atoms with Crippen LogP contribution in [0.25, 0.3) is 0 Å². The van der Waals surface area contributed by atoms with Crippen molar-refractivity contribution in [2.45, 2.75) is 77.3 Å². The maximum atomic E-state index is 13.3. The molecule has 3 amide bonds. The van der Waals surface area contributed by atoms with Crippen LogP contribution in [0.4, 0.5) is 0 Å². The van der Waals surface area contributed by atoms with E-state index >= 15 is 0 Å². The highest BCUT2D eigenvalue weighted by Crippen LogP contribution is 2.21. The molecule has 8 nitrogen and oxygen atoms in total. The fourth-order valence-corrected chi connectivity index (χ4v) is 4.04. The van der Waals surface area contributed by atoms with E-state index in [0.717, 1.165) is 38.5 Å². The molecule has 0 aromatic rings. The first-order chi connectivity index (χ1) is 13.4. The van der Waals surface area contributed by atoms with E-state index in [1.54, 1.807) is 5.48 Å². The highest BCUT2D eigenvalue weighted by atomic mass is 16.5. The average molecular weight is 398 g/mol. The number of morpholine rings is 1. The van der Waals surface area contributed by atoms with Crippen molar-refractivity contribution in [2.75, 3.05) is 19.8 Å². The molecule has 28 heavy (non-hydrogen) atoms. The number of amides is 3. The largest absolute Gasteiger partial charge is 0.377 e. The first-order valence-electron chi connectivity index (χ1n) is 10.6. The topological polar surface area (TPSA) is 108 Å². The van der Waals surface area contributed by atoms with Crippen LogP contribution in [0.5, 0.6) is 0 Å². The number of nitrogens with one attached hydrogen (secondary N) is 2. The van der Waals surface area contributed by atoms with Gasteiger partial charge in [0.2, 0.25) is 17.7 Å². The molecule has 2 heterocycles. The molecule has 2 saturated heterocycles. The summed E-state index contributed by atoms with van der Waals surface area (Å²) in [6.07, 6.45) is 6.45. The molecule has 0 aliphatic carbocycles. The van der Waals surface area contributed by atoms with Crippen LogP contribution < -0.4 is 10.8 Å². The van der Waals surface area contributed by atoms with Gasteiger partial charge in [0.15, 0.2) is 0 Å². The van der Waals surface area contributed by atoms with E-state index < -0.39 is 17.9 Å². The van der Waals surface area contributed by atoms with E-state index in [9.17, 15) is 14.4 Å². The maximum Gasteiger partial charge on any atom is 0.245 e. The zero-order valence-corrected chi connectivity index (χ0v) is 17.1. The molecule has 0 radical (unpaired) electrons. The zero-order chi connectivity index (χ0) is 20.5. The van der Waals surface area contributed by atoms with Crippen molar-refractivity contribution in [3.8, 4) is 0 Å². The number of rotatable bonds is 3. The molecule has 0 saturated carbocycles. The van der Waals surface area contributed by atoms with E-state index in [-0.39, 0.29) is 30.2 Å². The highest BCUT2D eigenvalue weighted by Gasteiger charge is 2.35. The van der Waals surface area contributed by atoms with Crippen LogP contribution in [0.3, 0.4) is 0 Å². The number of ether oxygens (including phenoxy) is 1. The normalized spacial score (nSPS) is 28.3. The van der Waals surface area contributed by atoms with Gasteiger partial charge in [-0.3, -0.25) is 19.6 Å². The van der Waals surface area contributed by atoms with E-state index in [4.69, 9.17) is 9.94 Å². The van der Waals surface area contributed by atoms with Crippen molar-refractivity contribution in [3.63, 3.8) is 0 Å². The van der Waals surface area contributed by atoms with Gasteiger partial charge in [0.1, 0.15) is 6.04 Å². The van der Waals surface area contributed by atoms with Gasteiger partial charge < -0.3 is 15.0 Å². The Morgan fingerprint density at radius 2 is 1.89 bits per heavy atom. The number of fused-ring (bicyclic) bond motifs is 1. The molecule has 0 spiro atoms. The Hall–Kier alpha value is -1.67. The Bertz CT molecular complexity index is 540. The predicted octanol–water partition coefficient (Wildman–Crippen LogP) is 1.61. The molecule has 2 aliphatic heterocycles. The summed E-state index contributed by atoms with van der Waals surface area (Å²) in [5.74, 6) is -1.57. The van der Waals surface area contributed by atoms with Crippen molar-refractivity contribution in [2.24, 2.45) is 11.8 Å². The lowest BCUT2D eigenvalue weighted by molar-refractivity contribution is -0.146. The van der Waals surface area contributed by atoms with Gasteiger partial charge in [-0.2, -0.15) is 0 Å². The maximum absolute atomic E-state index is 13.3. The quantitative estimate of drug-likeness (QED) is 0.495. The van der Waals surface area contributed by atoms with Gasteiger partial charge in [-0.25, -0.2) is 5.48 Å². The molecular formula is C20H35N3O5. The van der Waals surface area contributed by atoms with Crippen LogP contribution in [-0.2, 0) is 19.1 Å². The molecular weight excluding hydrogens is 362 g/mol. The zero-order valence-electron chi connectivity index (χ0n) is 17.1. The van der Waals surface area contributed by atoms with Crippen molar-refractivity contribution in [1.82, 2.24) is 15.7 Å². The van der Waals surface area contributed by atoms with Crippen molar-refractivity contribution in [1.29, 1.82) is 0 Å². The first kappa shape index (κ1) is 22.6. The molecule has 0 bridgehead atoms. The van der Waals surface area contributed by atoms with Crippen LogP contribution in [0.1, 0.15) is 65.2 Å². The summed E-state index contributed by atoms with van der Waals surface area (Å²) in [5, 5.41) is 11.7. The number of hydrogen-bond donors (Lipinski definition) is 3. The molecule has 3 unspecified atom stereocenters. The lowest BCUT2D eigenvalue weighted by Gasteiger charge is -2.39. The Morgan fingerprint density at radius 1 is 1.21 bits per heavy atom. The Kier molecular flexibility index (Phi) is 9.18. The molecule has 2 rings (SSSR count). The molecule has 3 N–H and O–H groups in total. The number of nitrogens with zero attached hydrogens (tertiary/aromatic N) is 1. The molecule has 0 aromatic heterocycles. The summed E-state index contributed by atoms with van der Waals surface area (Å²) in [6, 6.07) is -0.575. The third kappa shape index (κ3) is 6.44. The van der Waals surface area contributed by atoms with Crippen LogP contribution >= 0.6 is 0 Å². The van der Waals surface area contributed by atoms with Crippen molar-refractivity contribution >= 4 is 17.7 Å². The van der Waals surface area contributed by atoms with Gasteiger partial charge in [-0.15, -0.1) is 0 Å². The van der Waals surface area contributed by atoms with Crippen molar-refractivity contribution < 1.29 is 24.3 Å². The SMILES string of the molecule is CC(C)C1NC(=O)C(CC(=O)NO)CCCCCCCC2COCCN2C1=O. The second-order valence-electron chi connectivity index (χ2n) is 8.27. The minimum absolute atomic E-state index is 0.0540. The fourth-order valence-electron chi connectivity index (χ4n) is 4.04. The van der Waals surface area contributed by atoms with E-state index in [1.165, 1.54) is 0 Å². The molecule has 2 aliphatic rings. The van der Waals surface area contributed by atoms with Gasteiger partial charge in [0.05, 0.1) is 19.3 Å². The minimum atomic E-state index is -0.629. The van der Waals surface area contributed by atoms with Crippen LogP contribution in [0, 0.1) is 11.8 Å². The highest BCUT2D eigenvalue weighted by molar-refractivity contribution is 5.90. The van der Waals surface area contributed by atoms with Gasteiger partial charge >= 0.3 is 0 Å². The number of carbonyl (C=O) groups is 3. The number of hydroxylamine groups is 1. The third-order valence-corrected chi connectivity index (χ3v) is 5.76. The number of carbonyl (C=O) groups excluding carboxylic acids is 3. The summed E-state index contributed by atoms with van der Waals surface area (Å²) in [7, 11) is 0. The monoisotopic (exact) mass is 397 g/mol. The molecule has 3 atom stereocenters. The van der Waals surface area contributed by atoms with Gasteiger partial charge in [0, 0.05) is 18.9 Å². The second kappa shape index (κ2) is 11.4. The fraction of sp³-hybridized carbons (Fsp3) is 0.850. The van der Waals surface area contributed by atoms with Gasteiger partial charge in [-0.1, -0.05) is 46.0 Å². The summed E-state index contributed by atoms with van der Waals surface area (Å²) in [5.41, 5.74) is 1.61. The minimum Gasteiger partial charge on any atom is -0.377 e. The third-order valence-electron chi connectivity index (χ3n) is 5.76. The smallest absolute Gasteiger partial charge is 0.245 e. The van der Waals surface area contributed by atoms with Crippen LogP contribution in [0.15, 0.2) is 0 Å². The molecule has 160 valence electrons. The Labute approximate surface area is 167 Å². The molecule has 2 fully saturated rings. The summed E-state index contributed by atoms with van der Waals surface area (Å²) in [4.78, 5) is 39.7. The first-order valence-corrected chi connectivity index (χ1v) is 10.6. The summed E-state index contributed by atoms with van der Waals surface area (Å²) < 4.78 is 5.60. The standard InChI is InChI=1S/C20H35N3O5/c1-14(2)18-20(26)23-10-11-28-13-16(23)9-7-5-3-4-6-8-15(19(25)21-18)12-17(24)22-27/h14-16,18,27H,3-13H2,1-2H3,(H,21,25)(H,22,24). The lowest BCUT2D eigenvalue weighted by atomic mass is 9.93. The van der Waals surface area contributed by atoms with Gasteiger partial charge in [0.25, 0.3) is 0 Å². The number of hydrogen-bond acceptors (Lipinski definition) is 5. The Morgan fingerprint density at radius 3 is 2.57 bits per heavy atom. The van der Waals surface area contributed by atoms with E-state index in [1.807, 2.05) is 18.7 Å². The Balaban J connectivity index is 2.19. The average Bonchev–Trinajstić information content (AvgIpc) is 2.69. The second-order valence-corrected chi connectivity index (χ2v) is 8.27.